The molecule has 0 unspecified atom stereocenters. The predicted octanol–water partition coefficient (Wildman–Crippen LogP) is 3.41. The van der Waals surface area contributed by atoms with E-state index in [2.05, 4.69) is 10.3 Å². The topological polar surface area (TPSA) is 55.3 Å². The second-order valence-corrected chi connectivity index (χ2v) is 5.64. The van der Waals surface area contributed by atoms with Gasteiger partial charge < -0.3 is 24.4 Å². The van der Waals surface area contributed by atoms with E-state index in [0.29, 0.717) is 25.4 Å². The van der Waals surface area contributed by atoms with Gasteiger partial charge in [-0.05, 0) is 18.2 Å². The van der Waals surface area contributed by atoms with E-state index >= 15 is 0 Å². The standard InChI is InChI=1S/C20H27N3O3.HI/c1-21-20(23(2)13-14-26-17-10-6-5-7-11-17)22-15-16-9-8-12-18(24-3)19(16)25-4;/h5-12H,13-15H2,1-4H3,(H,21,22);1H. The average Bonchev–Trinajstić information content (AvgIpc) is 2.68. The average molecular weight is 485 g/mol. The van der Waals surface area contributed by atoms with Gasteiger partial charge in [0.25, 0.3) is 0 Å². The van der Waals surface area contributed by atoms with Crippen LogP contribution < -0.4 is 19.5 Å². The molecule has 0 aromatic heterocycles. The fourth-order valence-corrected chi connectivity index (χ4v) is 2.57. The van der Waals surface area contributed by atoms with Crippen LogP contribution in [0.4, 0.5) is 0 Å². The van der Waals surface area contributed by atoms with Crippen LogP contribution in [0.15, 0.2) is 53.5 Å². The maximum absolute atomic E-state index is 5.74. The summed E-state index contributed by atoms with van der Waals surface area (Å²) in [7, 11) is 7.02. The molecule has 0 saturated heterocycles. The maximum atomic E-state index is 5.74. The second kappa shape index (κ2) is 12.3. The van der Waals surface area contributed by atoms with Crippen LogP contribution in [0.1, 0.15) is 5.56 Å². The lowest BCUT2D eigenvalue weighted by Gasteiger charge is -2.22. The molecule has 0 spiro atoms. The van der Waals surface area contributed by atoms with Crippen LogP contribution in [0, 0.1) is 0 Å². The molecule has 2 rings (SSSR count). The first-order chi connectivity index (χ1) is 12.7. The van der Waals surface area contributed by atoms with Crippen LogP contribution in [0.2, 0.25) is 0 Å². The van der Waals surface area contributed by atoms with E-state index < -0.39 is 0 Å². The third-order valence-corrected chi connectivity index (χ3v) is 3.93. The summed E-state index contributed by atoms with van der Waals surface area (Å²) in [5, 5.41) is 3.34. The van der Waals surface area contributed by atoms with Gasteiger partial charge in [-0.2, -0.15) is 0 Å². The fourth-order valence-electron chi connectivity index (χ4n) is 2.57. The molecule has 2 aromatic carbocycles. The van der Waals surface area contributed by atoms with Crippen molar-refractivity contribution in [3.8, 4) is 17.2 Å². The summed E-state index contributed by atoms with van der Waals surface area (Å²) in [6.45, 7) is 1.87. The highest BCUT2D eigenvalue weighted by Gasteiger charge is 2.11. The van der Waals surface area contributed by atoms with Crippen molar-refractivity contribution < 1.29 is 14.2 Å². The van der Waals surface area contributed by atoms with Gasteiger partial charge in [-0.3, -0.25) is 4.99 Å². The Hall–Kier alpha value is -2.16. The van der Waals surface area contributed by atoms with E-state index in [1.165, 1.54) is 0 Å². The minimum atomic E-state index is 0. The molecule has 0 aliphatic heterocycles. The van der Waals surface area contributed by atoms with Gasteiger partial charge in [0.05, 0.1) is 20.8 Å². The molecule has 0 atom stereocenters. The molecule has 0 bridgehead atoms. The number of para-hydroxylation sites is 2. The smallest absolute Gasteiger partial charge is 0.193 e. The number of ether oxygens (including phenoxy) is 3. The SMILES string of the molecule is CN=C(NCc1cccc(OC)c1OC)N(C)CCOc1ccccc1.I. The van der Waals surface area contributed by atoms with Crippen LogP contribution in [-0.2, 0) is 6.54 Å². The molecular formula is C20H28IN3O3. The van der Waals surface area contributed by atoms with Gasteiger partial charge in [0.15, 0.2) is 17.5 Å². The van der Waals surface area contributed by atoms with Crippen LogP contribution in [-0.4, -0.2) is 52.3 Å². The van der Waals surface area contributed by atoms with Crippen LogP contribution in [0.5, 0.6) is 17.2 Å². The van der Waals surface area contributed by atoms with Crippen molar-refractivity contribution in [3.05, 3.63) is 54.1 Å². The monoisotopic (exact) mass is 485 g/mol. The fraction of sp³-hybridized carbons (Fsp3) is 0.350. The Morgan fingerprint density at radius 3 is 2.41 bits per heavy atom. The number of nitrogens with one attached hydrogen (secondary N) is 1. The highest BCUT2D eigenvalue weighted by Crippen LogP contribution is 2.30. The number of benzene rings is 2. The van der Waals surface area contributed by atoms with Gasteiger partial charge >= 0.3 is 0 Å². The molecule has 0 aliphatic rings. The van der Waals surface area contributed by atoms with E-state index in [0.717, 1.165) is 23.0 Å². The van der Waals surface area contributed by atoms with Gasteiger partial charge in [0.1, 0.15) is 12.4 Å². The first-order valence-corrected chi connectivity index (χ1v) is 8.49. The highest BCUT2D eigenvalue weighted by molar-refractivity contribution is 14.0. The van der Waals surface area contributed by atoms with Crippen molar-refractivity contribution >= 4 is 29.9 Å². The Kier molecular flexibility index (Phi) is 10.4. The molecule has 0 saturated carbocycles. The molecule has 7 heteroatoms. The lowest BCUT2D eigenvalue weighted by molar-refractivity contribution is 0.281. The maximum Gasteiger partial charge on any atom is 0.193 e. The Labute approximate surface area is 178 Å². The van der Waals surface area contributed by atoms with E-state index in [1.807, 2.05) is 60.5 Å². The summed E-state index contributed by atoms with van der Waals surface area (Å²) in [6, 6.07) is 15.6. The molecule has 0 amide bonds. The third-order valence-electron chi connectivity index (χ3n) is 3.93. The van der Waals surface area contributed by atoms with Crippen molar-refractivity contribution in [2.45, 2.75) is 6.54 Å². The Morgan fingerprint density at radius 2 is 1.78 bits per heavy atom. The molecule has 27 heavy (non-hydrogen) atoms. The van der Waals surface area contributed by atoms with E-state index in [-0.39, 0.29) is 24.0 Å². The van der Waals surface area contributed by atoms with E-state index in [9.17, 15) is 0 Å². The zero-order chi connectivity index (χ0) is 18.8. The normalized spacial score (nSPS) is 10.6. The van der Waals surface area contributed by atoms with Crippen molar-refractivity contribution in [1.29, 1.82) is 0 Å². The summed E-state index contributed by atoms with van der Waals surface area (Å²) < 4.78 is 16.6. The molecule has 0 aliphatic carbocycles. The number of likely N-dealkylation sites (N-methyl/N-ethyl adjacent to an activating group) is 1. The van der Waals surface area contributed by atoms with Gasteiger partial charge in [-0.1, -0.05) is 30.3 Å². The molecule has 1 N–H and O–H groups in total. The van der Waals surface area contributed by atoms with Gasteiger partial charge in [0, 0.05) is 26.2 Å². The minimum absolute atomic E-state index is 0. The number of hydrogen-bond donors (Lipinski definition) is 1. The van der Waals surface area contributed by atoms with Crippen LogP contribution in [0.25, 0.3) is 0 Å². The second-order valence-electron chi connectivity index (χ2n) is 5.64. The lowest BCUT2D eigenvalue weighted by atomic mass is 10.2. The molecule has 0 radical (unpaired) electrons. The van der Waals surface area contributed by atoms with Crippen molar-refractivity contribution in [1.82, 2.24) is 10.2 Å². The van der Waals surface area contributed by atoms with Crippen molar-refractivity contribution in [3.63, 3.8) is 0 Å². The van der Waals surface area contributed by atoms with E-state index in [4.69, 9.17) is 14.2 Å². The molecule has 0 fully saturated rings. The minimum Gasteiger partial charge on any atom is -0.493 e. The van der Waals surface area contributed by atoms with Crippen molar-refractivity contribution in [2.75, 3.05) is 41.5 Å². The third kappa shape index (κ3) is 6.82. The molecular weight excluding hydrogens is 457 g/mol. The number of rotatable bonds is 8. The van der Waals surface area contributed by atoms with Gasteiger partial charge in [-0.25, -0.2) is 0 Å². The first-order valence-electron chi connectivity index (χ1n) is 8.49. The highest BCUT2D eigenvalue weighted by atomic mass is 127. The Balaban J connectivity index is 0.00000364. The number of aliphatic imine (C=N–C) groups is 1. The largest absolute Gasteiger partial charge is 0.493 e. The number of nitrogens with zero attached hydrogens (tertiary/aromatic N) is 2. The number of halogens is 1. The molecule has 148 valence electrons. The summed E-state index contributed by atoms with van der Waals surface area (Å²) in [4.78, 5) is 6.35. The van der Waals surface area contributed by atoms with Crippen molar-refractivity contribution in [2.24, 2.45) is 4.99 Å². The number of hydrogen-bond acceptors (Lipinski definition) is 4. The number of guanidine groups is 1. The summed E-state index contributed by atoms with van der Waals surface area (Å²) in [5.41, 5.74) is 1.00. The molecule has 2 aromatic rings. The molecule has 0 heterocycles. The zero-order valence-corrected chi connectivity index (χ0v) is 18.6. The summed E-state index contributed by atoms with van der Waals surface area (Å²) >= 11 is 0. The summed E-state index contributed by atoms with van der Waals surface area (Å²) in [5.74, 6) is 3.09. The quantitative estimate of drug-likeness (QED) is 0.353. The first kappa shape index (κ1) is 22.9. The Bertz CT molecular complexity index is 711. The number of methoxy groups -OCH3 is 2. The predicted molar refractivity (Wildman–Crippen MR) is 120 cm³/mol. The van der Waals surface area contributed by atoms with Gasteiger partial charge in [-0.15, -0.1) is 24.0 Å². The van der Waals surface area contributed by atoms with Crippen LogP contribution in [0.3, 0.4) is 0 Å². The Morgan fingerprint density at radius 1 is 1.04 bits per heavy atom. The molecule has 6 nitrogen and oxygen atoms in total. The lowest BCUT2D eigenvalue weighted by Crippen LogP contribution is -2.40. The van der Waals surface area contributed by atoms with Crippen LogP contribution >= 0.6 is 24.0 Å². The van der Waals surface area contributed by atoms with E-state index in [1.54, 1.807) is 21.3 Å². The van der Waals surface area contributed by atoms with Gasteiger partial charge in [0.2, 0.25) is 0 Å². The zero-order valence-electron chi connectivity index (χ0n) is 16.3. The summed E-state index contributed by atoms with van der Waals surface area (Å²) in [6.07, 6.45) is 0.